The van der Waals surface area contributed by atoms with Crippen molar-refractivity contribution in [2.24, 2.45) is 4.99 Å². The van der Waals surface area contributed by atoms with E-state index in [1.165, 1.54) is 43.4 Å². The second kappa shape index (κ2) is 5.21. The Kier molecular flexibility index (Phi) is 4.20. The Morgan fingerprint density at radius 3 is 2.23 bits per heavy atom. The number of rotatable bonds is 2. The van der Waals surface area contributed by atoms with Gasteiger partial charge in [0.05, 0.1) is 6.04 Å². The molecule has 1 saturated carbocycles. The molecule has 0 aliphatic heterocycles. The fourth-order valence-corrected chi connectivity index (χ4v) is 1.95. The van der Waals surface area contributed by atoms with Gasteiger partial charge in [0.1, 0.15) is 0 Å². The predicted molar refractivity (Wildman–Crippen MR) is 59.4 cm³/mol. The van der Waals surface area contributed by atoms with Crippen molar-refractivity contribution in [2.45, 2.75) is 58.9 Å². The van der Waals surface area contributed by atoms with Gasteiger partial charge in [-0.3, -0.25) is 4.99 Å². The van der Waals surface area contributed by atoms with E-state index in [9.17, 15) is 0 Å². The van der Waals surface area contributed by atoms with Gasteiger partial charge < -0.3 is 0 Å². The Morgan fingerprint density at radius 1 is 1.08 bits per heavy atom. The summed E-state index contributed by atoms with van der Waals surface area (Å²) in [5, 5.41) is 0. The van der Waals surface area contributed by atoms with Crippen molar-refractivity contribution >= 4 is 5.71 Å². The smallest absolute Gasteiger partial charge is 0.0502 e. The molecule has 1 nitrogen and oxygen atoms in total. The summed E-state index contributed by atoms with van der Waals surface area (Å²) in [4.78, 5) is 4.72. The van der Waals surface area contributed by atoms with Crippen molar-refractivity contribution in [2.75, 3.05) is 0 Å². The lowest BCUT2D eigenvalue weighted by Gasteiger charge is -2.17. The van der Waals surface area contributed by atoms with Gasteiger partial charge in [-0.2, -0.15) is 0 Å². The summed E-state index contributed by atoms with van der Waals surface area (Å²) in [5.41, 5.74) is 2.55. The quantitative estimate of drug-likeness (QED) is 0.572. The molecule has 0 spiro atoms. The maximum absolute atomic E-state index is 4.72. The first kappa shape index (κ1) is 10.5. The molecule has 1 heteroatoms. The van der Waals surface area contributed by atoms with E-state index < -0.39 is 0 Å². The maximum atomic E-state index is 4.72. The van der Waals surface area contributed by atoms with Gasteiger partial charge in [0, 0.05) is 5.71 Å². The highest BCUT2D eigenvalue weighted by molar-refractivity contribution is 5.93. The molecule has 13 heavy (non-hydrogen) atoms. The first-order chi connectivity index (χ1) is 6.18. The van der Waals surface area contributed by atoms with Gasteiger partial charge in [-0.1, -0.05) is 24.8 Å². The first-order valence-corrected chi connectivity index (χ1v) is 5.38. The van der Waals surface area contributed by atoms with Crippen LogP contribution in [0.3, 0.4) is 0 Å². The molecule has 0 unspecified atom stereocenters. The van der Waals surface area contributed by atoms with Gasteiger partial charge >= 0.3 is 0 Å². The van der Waals surface area contributed by atoms with E-state index >= 15 is 0 Å². The number of hydrogen-bond donors (Lipinski definition) is 0. The van der Waals surface area contributed by atoms with Gasteiger partial charge in [0.25, 0.3) is 0 Å². The lowest BCUT2D eigenvalue weighted by Crippen LogP contribution is -2.11. The minimum atomic E-state index is 0.615. The SMILES string of the molecule is CC(C)=CC(C)=NC1CCCCC1. The van der Waals surface area contributed by atoms with Gasteiger partial charge in [0.2, 0.25) is 0 Å². The zero-order valence-electron chi connectivity index (χ0n) is 9.14. The van der Waals surface area contributed by atoms with E-state index in [4.69, 9.17) is 4.99 Å². The van der Waals surface area contributed by atoms with Gasteiger partial charge in [-0.25, -0.2) is 0 Å². The molecule has 0 aromatic carbocycles. The Balaban J connectivity index is 2.48. The summed E-state index contributed by atoms with van der Waals surface area (Å²) < 4.78 is 0. The normalized spacial score (nSPS) is 20.1. The minimum Gasteiger partial charge on any atom is -0.287 e. The number of nitrogens with zero attached hydrogens (tertiary/aromatic N) is 1. The molecule has 0 bridgehead atoms. The zero-order valence-corrected chi connectivity index (χ0v) is 9.14. The molecule has 1 rings (SSSR count). The summed E-state index contributed by atoms with van der Waals surface area (Å²) in [5.74, 6) is 0. The van der Waals surface area contributed by atoms with Crippen LogP contribution in [-0.2, 0) is 0 Å². The summed E-state index contributed by atoms with van der Waals surface area (Å²) in [6.45, 7) is 6.36. The molecule has 0 atom stereocenters. The van der Waals surface area contributed by atoms with Crippen LogP contribution in [0.1, 0.15) is 52.9 Å². The number of allylic oxidation sites excluding steroid dienone is 2. The third kappa shape index (κ3) is 4.25. The summed E-state index contributed by atoms with van der Waals surface area (Å²) in [6.07, 6.45) is 8.93. The van der Waals surface area contributed by atoms with E-state index in [0.717, 1.165) is 0 Å². The summed E-state index contributed by atoms with van der Waals surface area (Å²) in [6, 6.07) is 0.615. The van der Waals surface area contributed by atoms with E-state index in [1.54, 1.807) is 0 Å². The van der Waals surface area contributed by atoms with Crippen LogP contribution in [0, 0.1) is 0 Å². The maximum Gasteiger partial charge on any atom is 0.0502 e. The lowest BCUT2D eigenvalue weighted by atomic mass is 9.96. The van der Waals surface area contributed by atoms with Crippen LogP contribution in [0.5, 0.6) is 0 Å². The average Bonchev–Trinajstić information content (AvgIpc) is 2.04. The predicted octanol–water partition coefficient (Wildman–Crippen LogP) is 3.75. The largest absolute Gasteiger partial charge is 0.287 e. The highest BCUT2D eigenvalue weighted by Gasteiger charge is 2.11. The number of hydrogen-bond acceptors (Lipinski definition) is 1. The third-order valence-electron chi connectivity index (χ3n) is 2.46. The van der Waals surface area contributed by atoms with Crippen molar-refractivity contribution in [1.82, 2.24) is 0 Å². The lowest BCUT2D eigenvalue weighted by molar-refractivity contribution is 0.443. The molecule has 0 aromatic rings. The Hall–Kier alpha value is -0.590. The highest BCUT2D eigenvalue weighted by atomic mass is 14.8. The van der Waals surface area contributed by atoms with Crippen molar-refractivity contribution in [1.29, 1.82) is 0 Å². The van der Waals surface area contributed by atoms with Gasteiger partial charge in [0.15, 0.2) is 0 Å². The summed E-state index contributed by atoms with van der Waals surface area (Å²) >= 11 is 0. The fraction of sp³-hybridized carbons (Fsp3) is 0.750. The van der Waals surface area contributed by atoms with Crippen molar-refractivity contribution < 1.29 is 0 Å². The molecular formula is C12H21N. The molecule has 0 saturated heterocycles. The number of aliphatic imine (C=N–C) groups is 1. The molecule has 1 aliphatic rings. The molecule has 0 radical (unpaired) electrons. The van der Waals surface area contributed by atoms with Gasteiger partial charge in [-0.05, 0) is 39.7 Å². The summed E-state index contributed by atoms with van der Waals surface area (Å²) in [7, 11) is 0. The second-order valence-corrected chi connectivity index (χ2v) is 4.28. The Morgan fingerprint density at radius 2 is 1.69 bits per heavy atom. The van der Waals surface area contributed by atoms with E-state index in [-0.39, 0.29) is 0 Å². The van der Waals surface area contributed by atoms with Crippen LogP contribution in [-0.4, -0.2) is 11.8 Å². The van der Waals surface area contributed by atoms with E-state index in [2.05, 4.69) is 26.8 Å². The molecular weight excluding hydrogens is 158 g/mol. The highest BCUT2D eigenvalue weighted by Crippen LogP contribution is 2.20. The molecule has 74 valence electrons. The first-order valence-electron chi connectivity index (χ1n) is 5.38. The van der Waals surface area contributed by atoms with Crippen molar-refractivity contribution in [3.05, 3.63) is 11.6 Å². The molecule has 1 fully saturated rings. The monoisotopic (exact) mass is 179 g/mol. The molecule has 1 aliphatic carbocycles. The van der Waals surface area contributed by atoms with Crippen LogP contribution >= 0.6 is 0 Å². The van der Waals surface area contributed by atoms with Crippen LogP contribution in [0.25, 0.3) is 0 Å². The molecule has 0 amide bonds. The minimum absolute atomic E-state index is 0.615. The van der Waals surface area contributed by atoms with Crippen LogP contribution in [0.2, 0.25) is 0 Å². The standard InChI is InChI=1S/C12H21N/c1-10(2)9-11(3)13-12-7-5-4-6-8-12/h9,12H,4-8H2,1-3H3. The molecule has 0 N–H and O–H groups in total. The molecule has 0 aromatic heterocycles. The van der Waals surface area contributed by atoms with Crippen molar-refractivity contribution in [3.8, 4) is 0 Å². The van der Waals surface area contributed by atoms with Crippen LogP contribution in [0.4, 0.5) is 0 Å². The topological polar surface area (TPSA) is 12.4 Å². The van der Waals surface area contributed by atoms with E-state index in [0.29, 0.717) is 6.04 Å². The van der Waals surface area contributed by atoms with Crippen LogP contribution in [0.15, 0.2) is 16.6 Å². The third-order valence-corrected chi connectivity index (χ3v) is 2.46. The van der Waals surface area contributed by atoms with Crippen molar-refractivity contribution in [3.63, 3.8) is 0 Å². The van der Waals surface area contributed by atoms with Gasteiger partial charge in [-0.15, -0.1) is 0 Å². The zero-order chi connectivity index (χ0) is 9.68. The average molecular weight is 179 g/mol. The Labute approximate surface area is 82.0 Å². The second-order valence-electron chi connectivity index (χ2n) is 4.28. The van der Waals surface area contributed by atoms with Crippen LogP contribution < -0.4 is 0 Å². The molecule has 0 heterocycles. The Bertz CT molecular complexity index is 203. The van der Waals surface area contributed by atoms with E-state index in [1.807, 2.05) is 0 Å². The fourth-order valence-electron chi connectivity index (χ4n) is 1.95.